The summed E-state index contributed by atoms with van der Waals surface area (Å²) in [4.78, 5) is 8.14. The van der Waals surface area contributed by atoms with Crippen LogP contribution in [0.2, 0.25) is 0 Å². The topological polar surface area (TPSA) is 73.6 Å². The molecule has 2 heterocycles. The summed E-state index contributed by atoms with van der Waals surface area (Å²) in [7, 11) is 0. The van der Waals surface area contributed by atoms with Crippen LogP contribution in [0.1, 0.15) is 25.5 Å². The SMILES string of the molecule is CC1NCCCC1Nc1nccnc1C#N. The molecule has 2 N–H and O–H groups in total. The van der Waals surface area contributed by atoms with Crippen LogP contribution in [0.4, 0.5) is 5.82 Å². The molecule has 0 aliphatic carbocycles. The number of hydrogen-bond donors (Lipinski definition) is 2. The summed E-state index contributed by atoms with van der Waals surface area (Å²) in [6.07, 6.45) is 5.37. The minimum atomic E-state index is 0.317. The van der Waals surface area contributed by atoms with Gasteiger partial charge in [0.2, 0.25) is 0 Å². The van der Waals surface area contributed by atoms with Crippen LogP contribution >= 0.6 is 0 Å². The highest BCUT2D eigenvalue weighted by atomic mass is 15.1. The Bertz CT molecular complexity index is 398. The molecule has 1 aromatic heterocycles. The van der Waals surface area contributed by atoms with Gasteiger partial charge in [-0.05, 0) is 26.3 Å². The van der Waals surface area contributed by atoms with Gasteiger partial charge in [-0.2, -0.15) is 5.26 Å². The van der Waals surface area contributed by atoms with Gasteiger partial charge < -0.3 is 10.6 Å². The van der Waals surface area contributed by atoms with E-state index < -0.39 is 0 Å². The van der Waals surface area contributed by atoms with E-state index in [1.807, 2.05) is 6.07 Å². The van der Waals surface area contributed by atoms with Crippen LogP contribution in [0.25, 0.3) is 0 Å². The number of nitrogens with one attached hydrogen (secondary N) is 2. The summed E-state index contributed by atoms with van der Waals surface area (Å²) in [5.74, 6) is 0.588. The maximum absolute atomic E-state index is 8.91. The molecule has 1 saturated heterocycles. The average molecular weight is 217 g/mol. The lowest BCUT2D eigenvalue weighted by Crippen LogP contribution is -2.46. The van der Waals surface area contributed by atoms with Crippen LogP contribution in [-0.4, -0.2) is 28.6 Å². The van der Waals surface area contributed by atoms with Crippen molar-refractivity contribution in [3.05, 3.63) is 18.1 Å². The first-order valence-corrected chi connectivity index (χ1v) is 5.52. The Labute approximate surface area is 94.9 Å². The molecule has 2 atom stereocenters. The van der Waals surface area contributed by atoms with Gasteiger partial charge in [0.15, 0.2) is 11.5 Å². The second kappa shape index (κ2) is 4.90. The Morgan fingerprint density at radius 1 is 1.50 bits per heavy atom. The van der Waals surface area contributed by atoms with Crippen molar-refractivity contribution >= 4 is 5.82 Å². The normalized spacial score (nSPS) is 24.8. The van der Waals surface area contributed by atoms with Crippen molar-refractivity contribution in [2.75, 3.05) is 11.9 Å². The van der Waals surface area contributed by atoms with Crippen molar-refractivity contribution in [1.29, 1.82) is 5.26 Å². The van der Waals surface area contributed by atoms with Gasteiger partial charge in [-0.1, -0.05) is 0 Å². The first-order chi connectivity index (χ1) is 7.81. The molecule has 0 saturated carbocycles. The Morgan fingerprint density at radius 2 is 2.31 bits per heavy atom. The molecular formula is C11H15N5. The van der Waals surface area contributed by atoms with Crippen molar-refractivity contribution in [2.45, 2.75) is 31.8 Å². The van der Waals surface area contributed by atoms with E-state index >= 15 is 0 Å². The Kier molecular flexibility index (Phi) is 3.32. The predicted octanol–water partition coefficient (Wildman–Crippen LogP) is 0.901. The molecule has 1 aliphatic heterocycles. The minimum absolute atomic E-state index is 0.317. The quantitative estimate of drug-likeness (QED) is 0.770. The van der Waals surface area contributed by atoms with E-state index in [0.717, 1.165) is 19.4 Å². The van der Waals surface area contributed by atoms with Crippen LogP contribution in [0.5, 0.6) is 0 Å². The molecule has 84 valence electrons. The zero-order valence-electron chi connectivity index (χ0n) is 9.27. The van der Waals surface area contributed by atoms with Crippen molar-refractivity contribution in [3.8, 4) is 6.07 Å². The van der Waals surface area contributed by atoms with Gasteiger partial charge in [0.05, 0.1) is 0 Å². The molecule has 1 fully saturated rings. The van der Waals surface area contributed by atoms with Gasteiger partial charge in [0.25, 0.3) is 0 Å². The van der Waals surface area contributed by atoms with E-state index in [1.165, 1.54) is 6.20 Å². The van der Waals surface area contributed by atoms with Crippen molar-refractivity contribution < 1.29 is 0 Å². The first-order valence-electron chi connectivity index (χ1n) is 5.52. The van der Waals surface area contributed by atoms with E-state index in [1.54, 1.807) is 6.20 Å². The van der Waals surface area contributed by atoms with Crippen LogP contribution in [-0.2, 0) is 0 Å². The number of aromatic nitrogens is 2. The predicted molar refractivity (Wildman–Crippen MR) is 60.9 cm³/mol. The van der Waals surface area contributed by atoms with E-state index in [0.29, 0.717) is 23.6 Å². The molecule has 2 unspecified atom stereocenters. The Hall–Kier alpha value is -1.67. The molecule has 5 nitrogen and oxygen atoms in total. The highest BCUT2D eigenvalue weighted by Gasteiger charge is 2.21. The van der Waals surface area contributed by atoms with Crippen molar-refractivity contribution in [1.82, 2.24) is 15.3 Å². The average Bonchev–Trinajstić information content (AvgIpc) is 2.33. The van der Waals surface area contributed by atoms with E-state index in [4.69, 9.17) is 5.26 Å². The number of rotatable bonds is 2. The molecule has 0 aromatic carbocycles. The molecule has 16 heavy (non-hydrogen) atoms. The fraction of sp³-hybridized carbons (Fsp3) is 0.545. The zero-order chi connectivity index (χ0) is 11.4. The second-order valence-corrected chi connectivity index (χ2v) is 4.00. The van der Waals surface area contributed by atoms with Crippen molar-refractivity contribution in [2.24, 2.45) is 0 Å². The minimum Gasteiger partial charge on any atom is -0.363 e. The lowest BCUT2D eigenvalue weighted by atomic mass is 10.00. The summed E-state index contributed by atoms with van der Waals surface area (Å²) in [6, 6.07) is 2.75. The third-order valence-corrected chi connectivity index (χ3v) is 2.89. The summed E-state index contributed by atoms with van der Waals surface area (Å²) >= 11 is 0. The van der Waals surface area contributed by atoms with Gasteiger partial charge in [0, 0.05) is 24.5 Å². The van der Waals surface area contributed by atoms with Crippen LogP contribution in [0, 0.1) is 11.3 Å². The van der Waals surface area contributed by atoms with Crippen LogP contribution < -0.4 is 10.6 Å². The third kappa shape index (κ3) is 2.28. The van der Waals surface area contributed by atoms with Crippen molar-refractivity contribution in [3.63, 3.8) is 0 Å². The monoisotopic (exact) mass is 217 g/mol. The Morgan fingerprint density at radius 3 is 3.06 bits per heavy atom. The van der Waals surface area contributed by atoms with E-state index in [2.05, 4.69) is 27.5 Å². The molecule has 5 heteroatoms. The van der Waals surface area contributed by atoms with Crippen LogP contribution in [0.15, 0.2) is 12.4 Å². The fourth-order valence-corrected chi connectivity index (χ4v) is 1.94. The molecule has 1 aromatic rings. The molecule has 2 rings (SSSR count). The maximum atomic E-state index is 8.91. The highest BCUT2D eigenvalue weighted by Crippen LogP contribution is 2.15. The Balaban J connectivity index is 2.11. The fourth-order valence-electron chi connectivity index (χ4n) is 1.94. The molecule has 0 radical (unpaired) electrons. The first kappa shape index (κ1) is 10.8. The molecule has 0 bridgehead atoms. The van der Waals surface area contributed by atoms with E-state index in [-0.39, 0.29) is 0 Å². The van der Waals surface area contributed by atoms with Gasteiger partial charge in [-0.15, -0.1) is 0 Å². The largest absolute Gasteiger partial charge is 0.363 e. The number of piperidine rings is 1. The van der Waals surface area contributed by atoms with Gasteiger partial charge in [-0.3, -0.25) is 0 Å². The molecular weight excluding hydrogens is 202 g/mol. The molecule has 0 spiro atoms. The van der Waals surface area contributed by atoms with Gasteiger partial charge in [0.1, 0.15) is 6.07 Å². The smallest absolute Gasteiger partial charge is 0.182 e. The zero-order valence-corrected chi connectivity index (χ0v) is 9.27. The number of nitriles is 1. The number of nitrogens with zero attached hydrogens (tertiary/aromatic N) is 3. The summed E-state index contributed by atoms with van der Waals surface area (Å²) in [5.41, 5.74) is 0.361. The summed E-state index contributed by atoms with van der Waals surface area (Å²) in [6.45, 7) is 3.20. The number of hydrogen-bond acceptors (Lipinski definition) is 5. The summed E-state index contributed by atoms with van der Waals surface area (Å²) < 4.78 is 0. The molecule has 0 amide bonds. The standard InChI is InChI=1S/C11H15N5/c1-8-9(3-2-4-13-8)16-11-10(7-12)14-5-6-15-11/h5-6,8-9,13H,2-4H2,1H3,(H,15,16). The lowest BCUT2D eigenvalue weighted by molar-refractivity contribution is 0.388. The second-order valence-electron chi connectivity index (χ2n) is 4.00. The lowest BCUT2D eigenvalue weighted by Gasteiger charge is -2.31. The summed E-state index contributed by atoms with van der Waals surface area (Å²) in [5, 5.41) is 15.6. The van der Waals surface area contributed by atoms with Gasteiger partial charge >= 0.3 is 0 Å². The highest BCUT2D eigenvalue weighted by molar-refractivity contribution is 5.47. The number of anilines is 1. The third-order valence-electron chi connectivity index (χ3n) is 2.89. The van der Waals surface area contributed by atoms with E-state index in [9.17, 15) is 0 Å². The van der Waals surface area contributed by atoms with Gasteiger partial charge in [-0.25, -0.2) is 9.97 Å². The molecule has 1 aliphatic rings. The van der Waals surface area contributed by atoms with Crippen LogP contribution in [0.3, 0.4) is 0 Å². The maximum Gasteiger partial charge on any atom is 0.182 e.